The van der Waals surface area contributed by atoms with Gasteiger partial charge in [0.1, 0.15) is 5.52 Å². The zero-order chi connectivity index (χ0) is 16.6. The minimum Gasteiger partial charge on any atom is -0.805 e. The number of hydrogen-bond acceptors (Lipinski definition) is 4. The van der Waals surface area contributed by atoms with Gasteiger partial charge in [-0.3, -0.25) is 0 Å². The predicted octanol–water partition coefficient (Wildman–Crippen LogP) is 2.66. The first-order valence-corrected chi connectivity index (χ1v) is 6.97. The summed E-state index contributed by atoms with van der Waals surface area (Å²) in [6.07, 6.45) is 0. The molecule has 23 heavy (non-hydrogen) atoms. The number of hydrogen-bond donors (Lipinski definition) is 0. The minimum atomic E-state index is -0.502. The van der Waals surface area contributed by atoms with Crippen molar-refractivity contribution in [1.29, 1.82) is 0 Å². The van der Waals surface area contributed by atoms with Gasteiger partial charge in [-0.2, -0.15) is 0 Å². The van der Waals surface area contributed by atoms with Gasteiger partial charge in [0, 0.05) is 11.0 Å². The van der Waals surface area contributed by atoms with E-state index in [1.54, 1.807) is 49.4 Å². The van der Waals surface area contributed by atoms with Crippen LogP contribution in [0.2, 0.25) is 0 Å². The van der Waals surface area contributed by atoms with Crippen LogP contribution in [0.1, 0.15) is 16.1 Å². The van der Waals surface area contributed by atoms with Gasteiger partial charge >= 0.3 is 5.97 Å². The first kappa shape index (κ1) is 14.8. The Kier molecular flexibility index (Phi) is 3.57. The van der Waals surface area contributed by atoms with E-state index >= 15 is 0 Å². The lowest BCUT2D eigenvalue weighted by molar-refractivity contribution is -0.452. The minimum absolute atomic E-state index is 0.212. The van der Waals surface area contributed by atoms with Gasteiger partial charge in [0.2, 0.25) is 0 Å². The Morgan fingerprint density at radius 3 is 2.65 bits per heavy atom. The number of rotatable bonds is 2. The fraction of sp³-hybridized carbons (Fsp3) is 0.118. The molecule has 0 atom stereocenters. The van der Waals surface area contributed by atoms with E-state index in [4.69, 9.17) is 4.74 Å². The lowest BCUT2D eigenvalue weighted by Gasteiger charge is -2.16. The second-order valence-electron chi connectivity index (χ2n) is 5.08. The summed E-state index contributed by atoms with van der Waals surface area (Å²) in [6.45, 7) is 1.58. The lowest BCUT2D eigenvalue weighted by Crippen LogP contribution is -2.24. The maximum absolute atomic E-state index is 12.7. The summed E-state index contributed by atoms with van der Waals surface area (Å²) in [5, 5.41) is 12.4. The fourth-order valence-electron chi connectivity index (χ4n) is 2.59. The third-order valence-corrected chi connectivity index (χ3v) is 3.73. The van der Waals surface area contributed by atoms with Gasteiger partial charge in [0.25, 0.3) is 11.2 Å². The van der Waals surface area contributed by atoms with E-state index in [2.05, 4.69) is 0 Å². The number of nitrogens with zero attached hydrogens (tertiary/aromatic N) is 2. The fourth-order valence-corrected chi connectivity index (χ4v) is 2.59. The predicted molar refractivity (Wildman–Crippen MR) is 85.6 cm³/mol. The second kappa shape index (κ2) is 5.57. The number of methoxy groups -OCH3 is 1. The normalized spacial score (nSPS) is 10.7. The summed E-state index contributed by atoms with van der Waals surface area (Å²) in [6, 6.07) is 13.0. The van der Waals surface area contributed by atoms with Crippen molar-refractivity contribution in [2.45, 2.75) is 6.92 Å². The van der Waals surface area contributed by atoms with E-state index < -0.39 is 5.97 Å². The topological polar surface area (TPSA) is 77.3 Å². The van der Waals surface area contributed by atoms with Crippen molar-refractivity contribution >= 4 is 17.0 Å². The SMILES string of the molecule is COC(=O)c1cccc(-c2c(C)n([O-])c3ccccc3[n+]2=O)c1. The van der Waals surface area contributed by atoms with Gasteiger partial charge in [-0.15, -0.1) is 0 Å². The Balaban J connectivity index is 2.33. The zero-order valence-electron chi connectivity index (χ0n) is 12.6. The van der Waals surface area contributed by atoms with Crippen LogP contribution in [0.25, 0.3) is 22.3 Å². The van der Waals surface area contributed by atoms with Crippen LogP contribution in [-0.2, 0) is 4.74 Å². The van der Waals surface area contributed by atoms with E-state index in [1.165, 1.54) is 13.2 Å². The van der Waals surface area contributed by atoms with Gasteiger partial charge < -0.3 is 14.7 Å². The highest BCUT2D eigenvalue weighted by Crippen LogP contribution is 2.23. The largest absolute Gasteiger partial charge is 0.805 e. The molecule has 3 aromatic rings. The van der Waals surface area contributed by atoms with Crippen molar-refractivity contribution in [2.75, 3.05) is 7.11 Å². The molecule has 1 heterocycles. The standard InChI is InChI=1S/C17H14N2O4/c1-11-16(12-6-5-7-13(10-12)17(20)23-2)19(22)15-9-4-3-8-14(15)18(11)21/h3-10H,1-2H3. The molecule has 0 spiro atoms. The van der Waals surface area contributed by atoms with Gasteiger partial charge in [-0.25, -0.2) is 4.79 Å². The number of carbonyl (C=O) groups excluding carboxylic acids is 1. The molecule has 0 saturated carbocycles. The van der Waals surface area contributed by atoms with Gasteiger partial charge in [0.15, 0.2) is 0 Å². The summed E-state index contributed by atoms with van der Waals surface area (Å²) in [4.78, 5) is 24.4. The van der Waals surface area contributed by atoms with E-state index in [0.717, 1.165) is 9.16 Å². The third-order valence-electron chi connectivity index (χ3n) is 3.73. The summed E-state index contributed by atoms with van der Waals surface area (Å²) >= 11 is 0. The number of carbonyl (C=O) groups is 1. The van der Waals surface area contributed by atoms with E-state index in [1.807, 2.05) is 0 Å². The molecule has 2 aromatic carbocycles. The number of ether oxygens (including phenoxy) is 1. The first-order chi connectivity index (χ1) is 11.0. The lowest BCUT2D eigenvalue weighted by atomic mass is 10.1. The van der Waals surface area contributed by atoms with E-state index in [9.17, 15) is 14.9 Å². The molecule has 6 nitrogen and oxygen atoms in total. The summed E-state index contributed by atoms with van der Waals surface area (Å²) in [5.74, 6) is -0.502. The Morgan fingerprint density at radius 2 is 1.91 bits per heavy atom. The summed E-state index contributed by atoms with van der Waals surface area (Å²) in [7, 11) is 1.29. The van der Waals surface area contributed by atoms with Crippen LogP contribution in [0, 0.1) is 17.0 Å². The van der Waals surface area contributed by atoms with Crippen molar-refractivity contribution < 1.29 is 14.0 Å². The first-order valence-electron chi connectivity index (χ1n) is 6.97. The van der Waals surface area contributed by atoms with Crippen LogP contribution in [0.15, 0.2) is 48.5 Å². The quantitative estimate of drug-likeness (QED) is 0.538. The number of aromatic nitrogens is 2. The molecule has 1 aromatic heterocycles. The maximum Gasteiger partial charge on any atom is 0.337 e. The molecular weight excluding hydrogens is 296 g/mol. The highest BCUT2D eigenvalue weighted by atomic mass is 16.5. The summed E-state index contributed by atoms with van der Waals surface area (Å²) < 4.78 is 6.13. The van der Waals surface area contributed by atoms with Crippen LogP contribution in [0.3, 0.4) is 0 Å². The van der Waals surface area contributed by atoms with Crippen LogP contribution in [0.5, 0.6) is 0 Å². The van der Waals surface area contributed by atoms with Crippen LogP contribution in [-0.4, -0.2) is 17.8 Å². The van der Waals surface area contributed by atoms with Crippen molar-refractivity contribution in [3.8, 4) is 11.3 Å². The van der Waals surface area contributed by atoms with E-state index in [0.29, 0.717) is 16.6 Å². The molecule has 116 valence electrons. The Bertz CT molecular complexity index is 976. The molecule has 3 rings (SSSR count). The Hall–Kier alpha value is -3.15. The summed E-state index contributed by atoms with van der Waals surface area (Å²) in [5.41, 5.74) is 1.84. The second-order valence-corrected chi connectivity index (χ2v) is 5.08. The van der Waals surface area contributed by atoms with Crippen molar-refractivity contribution in [1.82, 2.24) is 4.73 Å². The Labute approximate surface area is 131 Å². The Morgan fingerprint density at radius 1 is 1.17 bits per heavy atom. The molecule has 0 radical (unpaired) electrons. The molecular formula is C17H14N2O4. The molecule has 0 bridgehead atoms. The van der Waals surface area contributed by atoms with Gasteiger partial charge in [0.05, 0.1) is 28.4 Å². The number of esters is 1. The van der Waals surface area contributed by atoms with Crippen molar-refractivity contribution in [3.63, 3.8) is 0 Å². The van der Waals surface area contributed by atoms with Crippen LogP contribution in [0.4, 0.5) is 0 Å². The highest BCUT2D eigenvalue weighted by molar-refractivity contribution is 5.90. The van der Waals surface area contributed by atoms with Crippen molar-refractivity contribution in [2.24, 2.45) is 0 Å². The van der Waals surface area contributed by atoms with Crippen molar-refractivity contribution in [3.05, 3.63) is 69.9 Å². The van der Waals surface area contributed by atoms with Gasteiger partial charge in [-0.05, 0) is 31.2 Å². The smallest absolute Gasteiger partial charge is 0.337 e. The molecule has 0 amide bonds. The highest BCUT2D eigenvalue weighted by Gasteiger charge is 2.22. The third kappa shape index (κ3) is 2.34. The van der Waals surface area contributed by atoms with Crippen LogP contribution < -0.4 is 4.43 Å². The molecule has 0 aliphatic rings. The molecule has 0 N–H and O–H groups in total. The van der Waals surface area contributed by atoms with E-state index in [-0.39, 0.29) is 16.9 Å². The molecule has 0 fully saturated rings. The van der Waals surface area contributed by atoms with Gasteiger partial charge in [-0.1, -0.05) is 18.2 Å². The molecule has 0 aliphatic carbocycles. The average molecular weight is 310 g/mol. The number of para-hydroxylation sites is 2. The molecule has 0 saturated heterocycles. The molecule has 6 heteroatoms. The monoisotopic (exact) mass is 310 g/mol. The number of benzene rings is 2. The molecule has 0 aliphatic heterocycles. The maximum atomic E-state index is 12.7. The number of fused-ring (bicyclic) bond motifs is 1. The average Bonchev–Trinajstić information content (AvgIpc) is 2.59. The zero-order valence-corrected chi connectivity index (χ0v) is 12.6. The molecule has 0 unspecified atom stereocenters. The van der Waals surface area contributed by atoms with Crippen LogP contribution >= 0.6 is 0 Å².